The van der Waals surface area contributed by atoms with Gasteiger partial charge >= 0.3 is 5.97 Å². The fourth-order valence-electron chi connectivity index (χ4n) is 2.42. The molecule has 0 aliphatic rings. The zero-order valence-electron chi connectivity index (χ0n) is 13.2. The van der Waals surface area contributed by atoms with Gasteiger partial charge in [0.05, 0.1) is 12.8 Å². The van der Waals surface area contributed by atoms with E-state index in [-0.39, 0.29) is 18.9 Å². The molecular formula is C19H21NO3. The molecule has 0 aliphatic carbocycles. The third-order valence-corrected chi connectivity index (χ3v) is 3.75. The molecule has 0 bridgehead atoms. The van der Waals surface area contributed by atoms with E-state index in [4.69, 9.17) is 5.11 Å². The number of amides is 1. The van der Waals surface area contributed by atoms with E-state index in [1.54, 1.807) is 4.90 Å². The summed E-state index contributed by atoms with van der Waals surface area (Å²) < 4.78 is 0. The van der Waals surface area contributed by atoms with E-state index < -0.39 is 5.97 Å². The molecule has 2 aromatic rings. The molecule has 0 heterocycles. The van der Waals surface area contributed by atoms with E-state index in [2.05, 4.69) is 0 Å². The Morgan fingerprint density at radius 2 is 1.57 bits per heavy atom. The number of carbonyl (C=O) groups is 2. The predicted molar refractivity (Wildman–Crippen MR) is 90.1 cm³/mol. The van der Waals surface area contributed by atoms with E-state index in [1.807, 2.05) is 61.5 Å². The Bertz CT molecular complexity index is 650. The van der Waals surface area contributed by atoms with Crippen LogP contribution in [0.2, 0.25) is 0 Å². The maximum absolute atomic E-state index is 12.2. The van der Waals surface area contributed by atoms with Crippen LogP contribution < -0.4 is 0 Å². The molecule has 120 valence electrons. The first-order valence-corrected chi connectivity index (χ1v) is 7.74. The van der Waals surface area contributed by atoms with E-state index in [0.29, 0.717) is 13.0 Å². The minimum atomic E-state index is -0.886. The highest BCUT2D eigenvalue weighted by atomic mass is 16.4. The Hall–Kier alpha value is -2.62. The van der Waals surface area contributed by atoms with Crippen LogP contribution in [-0.4, -0.2) is 35.0 Å². The van der Waals surface area contributed by atoms with Gasteiger partial charge in [0, 0.05) is 13.1 Å². The number of hydrogen-bond donors (Lipinski definition) is 1. The number of hydrogen-bond acceptors (Lipinski definition) is 2. The molecule has 0 aromatic heterocycles. The lowest BCUT2D eigenvalue weighted by molar-refractivity contribution is -0.138. The van der Waals surface area contributed by atoms with Crippen LogP contribution in [0.5, 0.6) is 0 Å². The Kier molecular flexibility index (Phi) is 5.92. The smallest absolute Gasteiger partial charge is 0.305 e. The minimum Gasteiger partial charge on any atom is -0.481 e. The summed E-state index contributed by atoms with van der Waals surface area (Å²) in [6, 6.07) is 18.0. The molecule has 0 atom stereocenters. The SMILES string of the molecule is CCN(CCC(=O)O)C(=O)Cc1ccc(-c2ccccc2)cc1. The summed E-state index contributed by atoms with van der Waals surface area (Å²) >= 11 is 0. The number of likely N-dealkylation sites (N-methyl/N-ethyl adjacent to an activating group) is 1. The maximum atomic E-state index is 12.2. The molecule has 0 unspecified atom stereocenters. The second-order valence-corrected chi connectivity index (χ2v) is 5.36. The highest BCUT2D eigenvalue weighted by Gasteiger charge is 2.13. The monoisotopic (exact) mass is 311 g/mol. The molecule has 0 saturated heterocycles. The summed E-state index contributed by atoms with van der Waals surface area (Å²) in [4.78, 5) is 24.5. The van der Waals surface area contributed by atoms with Crippen LogP contribution in [0.1, 0.15) is 18.9 Å². The van der Waals surface area contributed by atoms with Gasteiger partial charge in [-0.05, 0) is 23.6 Å². The summed E-state index contributed by atoms with van der Waals surface area (Å²) in [6.07, 6.45) is 0.273. The summed E-state index contributed by atoms with van der Waals surface area (Å²) in [5.41, 5.74) is 3.19. The normalized spacial score (nSPS) is 10.3. The fraction of sp³-hybridized carbons (Fsp3) is 0.263. The third-order valence-electron chi connectivity index (χ3n) is 3.75. The molecule has 1 N–H and O–H groups in total. The molecule has 2 rings (SSSR count). The van der Waals surface area contributed by atoms with Crippen molar-refractivity contribution in [3.63, 3.8) is 0 Å². The average Bonchev–Trinajstić information content (AvgIpc) is 2.56. The lowest BCUT2D eigenvalue weighted by Crippen LogP contribution is -2.33. The van der Waals surface area contributed by atoms with Gasteiger partial charge in [-0.3, -0.25) is 9.59 Å². The second kappa shape index (κ2) is 8.13. The van der Waals surface area contributed by atoms with Crippen LogP contribution in [0.15, 0.2) is 54.6 Å². The van der Waals surface area contributed by atoms with Gasteiger partial charge in [0.1, 0.15) is 0 Å². The molecule has 23 heavy (non-hydrogen) atoms. The van der Waals surface area contributed by atoms with Crippen LogP contribution in [0.25, 0.3) is 11.1 Å². The first-order chi connectivity index (χ1) is 11.1. The van der Waals surface area contributed by atoms with Gasteiger partial charge in [0.15, 0.2) is 0 Å². The van der Waals surface area contributed by atoms with Crippen LogP contribution in [0.4, 0.5) is 0 Å². The number of carbonyl (C=O) groups excluding carboxylic acids is 1. The van der Waals surface area contributed by atoms with Crippen molar-refractivity contribution >= 4 is 11.9 Å². The molecule has 4 heteroatoms. The molecule has 0 aliphatic heterocycles. The molecule has 1 amide bonds. The van der Waals surface area contributed by atoms with Crippen molar-refractivity contribution in [1.82, 2.24) is 4.90 Å². The number of benzene rings is 2. The van der Waals surface area contributed by atoms with Crippen molar-refractivity contribution in [2.75, 3.05) is 13.1 Å². The number of carboxylic acid groups (broad SMARTS) is 1. The first kappa shape index (κ1) is 16.7. The predicted octanol–water partition coefficient (Wildman–Crippen LogP) is 3.22. The summed E-state index contributed by atoms with van der Waals surface area (Å²) in [5, 5.41) is 8.73. The molecule has 0 spiro atoms. The molecule has 2 aromatic carbocycles. The maximum Gasteiger partial charge on any atom is 0.305 e. The topological polar surface area (TPSA) is 57.6 Å². The minimum absolute atomic E-state index is 0.0213. The quantitative estimate of drug-likeness (QED) is 0.854. The van der Waals surface area contributed by atoms with Crippen molar-refractivity contribution in [2.45, 2.75) is 19.8 Å². The third kappa shape index (κ3) is 4.95. The molecule has 0 radical (unpaired) electrons. The standard InChI is InChI=1S/C19H21NO3/c1-2-20(13-12-19(22)23)18(21)14-15-8-10-17(11-9-15)16-6-4-3-5-7-16/h3-11H,2,12-14H2,1H3,(H,22,23). The van der Waals surface area contributed by atoms with Gasteiger partial charge in [-0.15, -0.1) is 0 Å². The largest absolute Gasteiger partial charge is 0.481 e. The van der Waals surface area contributed by atoms with E-state index in [0.717, 1.165) is 16.7 Å². The summed E-state index contributed by atoms with van der Waals surface area (Å²) in [5.74, 6) is -0.926. The van der Waals surface area contributed by atoms with Gasteiger partial charge in [-0.1, -0.05) is 54.6 Å². The number of rotatable bonds is 7. The fourth-order valence-corrected chi connectivity index (χ4v) is 2.42. The molecule has 0 fully saturated rings. The van der Waals surface area contributed by atoms with Crippen LogP contribution in [0.3, 0.4) is 0 Å². The van der Waals surface area contributed by atoms with E-state index in [1.165, 1.54) is 0 Å². The van der Waals surface area contributed by atoms with Crippen LogP contribution in [-0.2, 0) is 16.0 Å². The van der Waals surface area contributed by atoms with E-state index in [9.17, 15) is 9.59 Å². The summed E-state index contributed by atoms with van der Waals surface area (Å²) in [6.45, 7) is 2.64. The highest BCUT2D eigenvalue weighted by Crippen LogP contribution is 2.19. The molecule has 4 nitrogen and oxygen atoms in total. The van der Waals surface area contributed by atoms with Crippen molar-refractivity contribution in [2.24, 2.45) is 0 Å². The lowest BCUT2D eigenvalue weighted by Gasteiger charge is -2.20. The lowest BCUT2D eigenvalue weighted by atomic mass is 10.0. The van der Waals surface area contributed by atoms with E-state index >= 15 is 0 Å². The highest BCUT2D eigenvalue weighted by molar-refractivity contribution is 5.79. The van der Waals surface area contributed by atoms with Gasteiger partial charge in [0.2, 0.25) is 5.91 Å². The summed E-state index contributed by atoms with van der Waals surface area (Å²) in [7, 11) is 0. The number of carboxylic acids is 1. The molecule has 0 saturated carbocycles. The van der Waals surface area contributed by atoms with Gasteiger partial charge < -0.3 is 10.0 Å². The molecular weight excluding hydrogens is 290 g/mol. The van der Waals surface area contributed by atoms with Crippen molar-refractivity contribution in [3.05, 3.63) is 60.2 Å². The van der Waals surface area contributed by atoms with Crippen molar-refractivity contribution < 1.29 is 14.7 Å². The number of nitrogens with zero attached hydrogens (tertiary/aromatic N) is 1. The van der Waals surface area contributed by atoms with Gasteiger partial charge in [-0.2, -0.15) is 0 Å². The van der Waals surface area contributed by atoms with Crippen molar-refractivity contribution in [1.29, 1.82) is 0 Å². The second-order valence-electron chi connectivity index (χ2n) is 5.36. The zero-order valence-corrected chi connectivity index (χ0v) is 13.2. The van der Waals surface area contributed by atoms with Crippen molar-refractivity contribution in [3.8, 4) is 11.1 Å². The Morgan fingerprint density at radius 1 is 0.957 bits per heavy atom. The van der Waals surface area contributed by atoms with Crippen LogP contribution in [0, 0.1) is 0 Å². The Balaban J connectivity index is 1.99. The Morgan fingerprint density at radius 3 is 2.13 bits per heavy atom. The Labute approximate surface area is 136 Å². The van der Waals surface area contributed by atoms with Crippen LogP contribution >= 0.6 is 0 Å². The van der Waals surface area contributed by atoms with Gasteiger partial charge in [0.25, 0.3) is 0 Å². The number of aliphatic carboxylic acids is 1. The first-order valence-electron chi connectivity index (χ1n) is 7.74. The van der Waals surface area contributed by atoms with Gasteiger partial charge in [-0.25, -0.2) is 0 Å². The average molecular weight is 311 g/mol. The zero-order chi connectivity index (χ0) is 16.7.